The van der Waals surface area contributed by atoms with E-state index in [0.29, 0.717) is 14.8 Å². The first kappa shape index (κ1) is 12.6. The molecule has 0 amide bonds. The number of aromatic nitrogens is 2. The fourth-order valence-corrected chi connectivity index (χ4v) is 2.58. The van der Waals surface area contributed by atoms with Gasteiger partial charge in [-0.3, -0.25) is 0 Å². The lowest BCUT2D eigenvalue weighted by atomic mass is 10.1. The van der Waals surface area contributed by atoms with Crippen LogP contribution in [0, 0.1) is 4.77 Å². The molecule has 0 saturated heterocycles. The second kappa shape index (κ2) is 4.93. The lowest BCUT2D eigenvalue weighted by Gasteiger charge is -2.08. The molecular weight excluding hydrogens is 299 g/mol. The smallest absolute Gasteiger partial charge is 0.197 e. The number of fused-ring (bicyclic) bond motifs is 1. The number of nitrogens with zero attached hydrogens (tertiary/aromatic N) is 1. The molecular formula is C14H8Cl2N2S. The third-order valence-electron chi connectivity index (χ3n) is 2.82. The summed E-state index contributed by atoms with van der Waals surface area (Å²) < 4.78 is 0.421. The normalized spacial score (nSPS) is 10.8. The average Bonchev–Trinajstić information content (AvgIpc) is 2.39. The number of H-pyrrole nitrogens is 1. The highest BCUT2D eigenvalue weighted by Crippen LogP contribution is 2.32. The largest absolute Gasteiger partial charge is 0.330 e. The van der Waals surface area contributed by atoms with Gasteiger partial charge in [0.05, 0.1) is 5.69 Å². The van der Waals surface area contributed by atoms with Crippen LogP contribution in [0.3, 0.4) is 0 Å². The minimum Gasteiger partial charge on any atom is -0.330 e. The lowest BCUT2D eigenvalue weighted by molar-refractivity contribution is 1.19. The summed E-state index contributed by atoms with van der Waals surface area (Å²) in [6.07, 6.45) is 0. The van der Waals surface area contributed by atoms with Gasteiger partial charge in [0.1, 0.15) is 0 Å². The van der Waals surface area contributed by atoms with E-state index in [1.54, 1.807) is 0 Å². The van der Waals surface area contributed by atoms with Crippen LogP contribution in [0.5, 0.6) is 0 Å². The fraction of sp³-hybridized carbons (Fsp3) is 0. The van der Waals surface area contributed by atoms with Crippen LogP contribution in [-0.4, -0.2) is 9.97 Å². The molecule has 1 aromatic heterocycles. The van der Waals surface area contributed by atoms with Crippen LogP contribution in [0.4, 0.5) is 0 Å². The van der Waals surface area contributed by atoms with Crippen molar-refractivity contribution in [1.29, 1.82) is 0 Å². The van der Waals surface area contributed by atoms with E-state index in [2.05, 4.69) is 9.97 Å². The molecule has 19 heavy (non-hydrogen) atoms. The molecule has 5 heteroatoms. The number of halogens is 2. The molecule has 0 saturated carbocycles. The molecule has 3 aromatic rings. The molecule has 2 nitrogen and oxygen atoms in total. The van der Waals surface area contributed by atoms with Crippen molar-refractivity contribution in [1.82, 2.24) is 9.97 Å². The summed E-state index contributed by atoms with van der Waals surface area (Å²) in [5, 5.41) is 2.18. The van der Waals surface area contributed by atoms with E-state index in [0.717, 1.165) is 22.2 Å². The van der Waals surface area contributed by atoms with Crippen molar-refractivity contribution < 1.29 is 0 Å². The first-order valence-corrected chi connectivity index (χ1v) is 6.76. The number of aromatic amines is 1. The van der Waals surface area contributed by atoms with Gasteiger partial charge in [0.25, 0.3) is 0 Å². The second-order valence-corrected chi connectivity index (χ2v) is 5.29. The van der Waals surface area contributed by atoms with Gasteiger partial charge in [0.2, 0.25) is 0 Å². The number of benzene rings is 2. The highest BCUT2D eigenvalue weighted by Gasteiger charge is 2.10. The van der Waals surface area contributed by atoms with Crippen LogP contribution in [0.2, 0.25) is 10.0 Å². The molecule has 0 spiro atoms. The van der Waals surface area contributed by atoms with Crippen LogP contribution < -0.4 is 0 Å². The Morgan fingerprint density at radius 3 is 2.63 bits per heavy atom. The highest BCUT2D eigenvalue weighted by molar-refractivity contribution is 7.71. The molecule has 0 atom stereocenters. The van der Waals surface area contributed by atoms with Gasteiger partial charge < -0.3 is 4.98 Å². The molecule has 0 bridgehead atoms. The molecule has 2 aromatic carbocycles. The molecule has 0 unspecified atom stereocenters. The Morgan fingerprint density at radius 2 is 1.84 bits per heavy atom. The Labute approximate surface area is 125 Å². The summed E-state index contributed by atoms with van der Waals surface area (Å²) in [5.74, 6) is 0. The van der Waals surface area contributed by atoms with Crippen LogP contribution in [0.25, 0.3) is 22.2 Å². The SMILES string of the molecule is S=c1nc(-c2ccccc2Cl)c2cc(Cl)ccc2[nH]1. The number of hydrogen-bond acceptors (Lipinski definition) is 2. The highest BCUT2D eigenvalue weighted by atomic mass is 35.5. The van der Waals surface area contributed by atoms with Gasteiger partial charge in [-0.2, -0.15) is 0 Å². The summed E-state index contributed by atoms with van der Waals surface area (Å²) >= 11 is 17.5. The van der Waals surface area contributed by atoms with Gasteiger partial charge in [0.15, 0.2) is 4.77 Å². The third-order valence-corrected chi connectivity index (χ3v) is 3.58. The molecule has 1 N–H and O–H groups in total. The van der Waals surface area contributed by atoms with Gasteiger partial charge >= 0.3 is 0 Å². The molecule has 94 valence electrons. The Bertz CT molecular complexity index is 827. The van der Waals surface area contributed by atoms with Gasteiger partial charge in [-0.25, -0.2) is 4.98 Å². The number of rotatable bonds is 1. The predicted molar refractivity (Wildman–Crippen MR) is 82.4 cm³/mol. The summed E-state index contributed by atoms with van der Waals surface area (Å²) in [6.45, 7) is 0. The lowest BCUT2D eigenvalue weighted by Crippen LogP contribution is -1.91. The fourth-order valence-electron chi connectivity index (χ4n) is 1.98. The van der Waals surface area contributed by atoms with Crippen molar-refractivity contribution in [2.75, 3.05) is 0 Å². The zero-order chi connectivity index (χ0) is 13.4. The Hall–Kier alpha value is -1.42. The average molecular weight is 307 g/mol. The van der Waals surface area contributed by atoms with Gasteiger partial charge in [0, 0.05) is 26.5 Å². The van der Waals surface area contributed by atoms with Gasteiger partial charge in [-0.05, 0) is 36.5 Å². The molecule has 0 radical (unpaired) electrons. The standard InChI is InChI=1S/C14H8Cl2N2S/c15-8-5-6-12-10(7-8)13(18-14(19)17-12)9-3-1-2-4-11(9)16/h1-7H,(H,17,18,19). The Kier molecular flexibility index (Phi) is 3.27. The Morgan fingerprint density at radius 1 is 1.05 bits per heavy atom. The summed E-state index contributed by atoms with van der Waals surface area (Å²) in [4.78, 5) is 7.44. The molecule has 0 aliphatic rings. The van der Waals surface area contributed by atoms with Gasteiger partial charge in [-0.1, -0.05) is 41.4 Å². The van der Waals surface area contributed by atoms with Crippen molar-refractivity contribution >= 4 is 46.3 Å². The van der Waals surface area contributed by atoms with Crippen molar-refractivity contribution in [3.8, 4) is 11.3 Å². The monoisotopic (exact) mass is 306 g/mol. The van der Waals surface area contributed by atoms with E-state index in [1.807, 2.05) is 42.5 Å². The molecule has 0 aliphatic carbocycles. The maximum Gasteiger partial charge on any atom is 0.197 e. The van der Waals surface area contributed by atoms with E-state index >= 15 is 0 Å². The van der Waals surface area contributed by atoms with E-state index in [4.69, 9.17) is 35.4 Å². The minimum atomic E-state index is 0.421. The van der Waals surface area contributed by atoms with Crippen molar-refractivity contribution in [2.45, 2.75) is 0 Å². The quantitative estimate of drug-likeness (QED) is 0.621. The van der Waals surface area contributed by atoms with Crippen LogP contribution in [0.1, 0.15) is 0 Å². The zero-order valence-electron chi connectivity index (χ0n) is 9.65. The topological polar surface area (TPSA) is 28.7 Å². The molecule has 0 aliphatic heterocycles. The van der Waals surface area contributed by atoms with E-state index in [1.165, 1.54) is 0 Å². The number of nitrogens with one attached hydrogen (secondary N) is 1. The third kappa shape index (κ3) is 2.37. The molecule has 3 rings (SSSR count). The van der Waals surface area contributed by atoms with Crippen molar-refractivity contribution in [3.05, 3.63) is 57.3 Å². The summed E-state index contributed by atoms with van der Waals surface area (Å²) in [7, 11) is 0. The van der Waals surface area contributed by atoms with Crippen LogP contribution in [-0.2, 0) is 0 Å². The van der Waals surface area contributed by atoms with Crippen molar-refractivity contribution in [2.24, 2.45) is 0 Å². The first-order chi connectivity index (χ1) is 9.15. The second-order valence-electron chi connectivity index (χ2n) is 4.06. The van der Waals surface area contributed by atoms with E-state index in [9.17, 15) is 0 Å². The molecule has 1 heterocycles. The zero-order valence-corrected chi connectivity index (χ0v) is 12.0. The van der Waals surface area contributed by atoms with Crippen molar-refractivity contribution in [3.63, 3.8) is 0 Å². The predicted octanol–water partition coefficient (Wildman–Crippen LogP) is 5.27. The maximum absolute atomic E-state index is 6.23. The van der Waals surface area contributed by atoms with Crippen LogP contribution >= 0.6 is 35.4 Å². The summed E-state index contributed by atoms with van der Waals surface area (Å²) in [6, 6.07) is 13.1. The van der Waals surface area contributed by atoms with E-state index in [-0.39, 0.29) is 0 Å². The molecule has 0 fully saturated rings. The maximum atomic E-state index is 6.23. The first-order valence-electron chi connectivity index (χ1n) is 5.59. The van der Waals surface area contributed by atoms with E-state index < -0.39 is 0 Å². The Balaban J connectivity index is 2.43. The van der Waals surface area contributed by atoms with Gasteiger partial charge in [-0.15, -0.1) is 0 Å². The van der Waals surface area contributed by atoms with Crippen LogP contribution in [0.15, 0.2) is 42.5 Å². The minimum absolute atomic E-state index is 0.421. The summed E-state index contributed by atoms with van der Waals surface area (Å²) in [5.41, 5.74) is 2.47. The number of hydrogen-bond donors (Lipinski definition) is 1.